The number of halogens is 1. The molecule has 0 spiro atoms. The molecule has 1 aliphatic rings. The number of nitrogens with zero attached hydrogens (tertiary/aromatic N) is 3. The number of anilines is 1. The summed E-state index contributed by atoms with van der Waals surface area (Å²) in [4.78, 5) is 17.8. The van der Waals surface area contributed by atoms with Gasteiger partial charge in [0.15, 0.2) is 0 Å². The van der Waals surface area contributed by atoms with E-state index in [2.05, 4.69) is 17.2 Å². The number of hydrogen-bond acceptors (Lipinski definition) is 7. The van der Waals surface area contributed by atoms with Crippen molar-refractivity contribution >= 4 is 23.7 Å². The van der Waals surface area contributed by atoms with Crippen LogP contribution in [0, 0.1) is 5.82 Å². The predicted octanol–water partition coefficient (Wildman–Crippen LogP) is 6.13. The normalized spacial score (nSPS) is 15.0. The quantitative estimate of drug-likeness (QED) is 0.200. The van der Waals surface area contributed by atoms with Gasteiger partial charge in [0.05, 0.1) is 18.3 Å². The number of ether oxygens (including phenoxy) is 2. The zero-order valence-electron chi connectivity index (χ0n) is 21.0. The number of fused-ring (bicyclic) bond motifs is 1. The van der Waals surface area contributed by atoms with Crippen LogP contribution in [0.25, 0.3) is 0 Å². The summed E-state index contributed by atoms with van der Waals surface area (Å²) in [6, 6.07) is 13.8. The third kappa shape index (κ3) is 5.90. The van der Waals surface area contributed by atoms with E-state index in [1.54, 1.807) is 22.9 Å². The average molecular weight is 511 g/mol. The van der Waals surface area contributed by atoms with E-state index in [0.29, 0.717) is 40.3 Å². The standard InChI is InChI=1S/C27H31FN4O3S/c1-5-6-14-34-21-12-9-11-19(15-21)24-23(25(33)35-17(2)3)18(4)29-26-30-27(31-32(24)26)36-16-20-10-7-8-13-22(20)28/h7-13,15,17,24H,5-6,14,16H2,1-4H3,(H,29,30,31). The molecule has 0 radical (unpaired) electrons. The van der Waals surface area contributed by atoms with E-state index in [1.807, 2.05) is 45.0 Å². The molecule has 1 N–H and O–H groups in total. The fourth-order valence-corrected chi connectivity index (χ4v) is 4.72. The van der Waals surface area contributed by atoms with Crippen LogP contribution in [0.15, 0.2) is 65.0 Å². The highest BCUT2D eigenvalue weighted by atomic mass is 32.2. The number of hydrogen-bond donors (Lipinski definition) is 1. The highest BCUT2D eigenvalue weighted by Crippen LogP contribution is 2.38. The summed E-state index contributed by atoms with van der Waals surface area (Å²) in [7, 11) is 0. The molecule has 0 fully saturated rings. The molecule has 2 aromatic carbocycles. The van der Waals surface area contributed by atoms with E-state index >= 15 is 0 Å². The van der Waals surface area contributed by atoms with Crippen LogP contribution in [0.4, 0.5) is 10.3 Å². The maximum absolute atomic E-state index is 14.1. The minimum atomic E-state index is -0.558. The van der Waals surface area contributed by atoms with Crippen LogP contribution in [0.1, 0.15) is 57.7 Å². The highest BCUT2D eigenvalue weighted by molar-refractivity contribution is 7.98. The minimum Gasteiger partial charge on any atom is -0.494 e. The fraction of sp³-hybridized carbons (Fsp3) is 0.370. The second-order valence-corrected chi connectivity index (χ2v) is 9.78. The Morgan fingerprint density at radius 3 is 2.78 bits per heavy atom. The van der Waals surface area contributed by atoms with E-state index in [9.17, 15) is 9.18 Å². The van der Waals surface area contributed by atoms with Gasteiger partial charge in [-0.25, -0.2) is 13.9 Å². The molecule has 0 saturated heterocycles. The van der Waals surface area contributed by atoms with E-state index in [1.165, 1.54) is 17.8 Å². The molecule has 1 atom stereocenters. The Morgan fingerprint density at radius 2 is 2.03 bits per heavy atom. The van der Waals surface area contributed by atoms with E-state index < -0.39 is 12.0 Å². The zero-order valence-corrected chi connectivity index (χ0v) is 21.8. The van der Waals surface area contributed by atoms with Crippen LogP contribution in [-0.4, -0.2) is 33.4 Å². The van der Waals surface area contributed by atoms with Crippen LogP contribution in [-0.2, 0) is 15.3 Å². The van der Waals surface area contributed by atoms with Crippen molar-refractivity contribution in [3.63, 3.8) is 0 Å². The van der Waals surface area contributed by atoms with Crippen molar-refractivity contribution in [1.82, 2.24) is 14.8 Å². The number of carbonyl (C=O) groups is 1. The Bertz CT molecular complexity index is 1260. The van der Waals surface area contributed by atoms with Crippen LogP contribution in [0.2, 0.25) is 0 Å². The van der Waals surface area contributed by atoms with Gasteiger partial charge in [-0.3, -0.25) is 0 Å². The summed E-state index contributed by atoms with van der Waals surface area (Å²) < 4.78 is 27.3. The average Bonchev–Trinajstić information content (AvgIpc) is 3.25. The molecule has 4 rings (SSSR count). The third-order valence-corrected chi connectivity index (χ3v) is 6.54. The first kappa shape index (κ1) is 25.8. The number of unbranched alkanes of at least 4 members (excludes halogenated alkanes) is 1. The lowest BCUT2D eigenvalue weighted by Crippen LogP contribution is -2.30. The summed E-state index contributed by atoms with van der Waals surface area (Å²) in [5.41, 5.74) is 2.51. The number of esters is 1. The molecule has 3 aromatic rings. The third-order valence-electron chi connectivity index (χ3n) is 5.65. The minimum absolute atomic E-state index is 0.263. The smallest absolute Gasteiger partial charge is 0.338 e. The van der Waals surface area contributed by atoms with Gasteiger partial charge >= 0.3 is 5.97 Å². The number of rotatable bonds is 10. The van der Waals surface area contributed by atoms with Crippen molar-refractivity contribution in [2.45, 2.75) is 63.6 Å². The van der Waals surface area contributed by atoms with Gasteiger partial charge in [0.2, 0.25) is 11.1 Å². The number of nitrogens with one attached hydrogen (secondary N) is 1. The van der Waals surface area contributed by atoms with E-state index in [0.717, 1.165) is 24.2 Å². The number of aromatic nitrogens is 3. The Morgan fingerprint density at radius 1 is 1.22 bits per heavy atom. The van der Waals surface area contributed by atoms with Crippen LogP contribution < -0.4 is 10.1 Å². The first-order valence-electron chi connectivity index (χ1n) is 12.1. The van der Waals surface area contributed by atoms with Gasteiger partial charge in [0.1, 0.15) is 17.6 Å². The molecule has 36 heavy (non-hydrogen) atoms. The molecule has 0 bridgehead atoms. The van der Waals surface area contributed by atoms with Gasteiger partial charge in [-0.1, -0.05) is 55.4 Å². The van der Waals surface area contributed by atoms with Crippen molar-refractivity contribution in [2.24, 2.45) is 0 Å². The second-order valence-electron chi connectivity index (χ2n) is 8.84. The Labute approximate surface area is 215 Å². The van der Waals surface area contributed by atoms with Crippen LogP contribution in [0.3, 0.4) is 0 Å². The molecular weight excluding hydrogens is 479 g/mol. The summed E-state index contributed by atoms with van der Waals surface area (Å²) in [5.74, 6) is 0.938. The number of benzene rings is 2. The molecular formula is C27H31FN4O3S. The largest absolute Gasteiger partial charge is 0.494 e. The number of carbonyl (C=O) groups excluding carboxylic acids is 1. The lowest BCUT2D eigenvalue weighted by Gasteiger charge is -2.28. The molecule has 1 unspecified atom stereocenters. The van der Waals surface area contributed by atoms with Crippen molar-refractivity contribution < 1.29 is 18.7 Å². The van der Waals surface area contributed by atoms with Gasteiger partial charge in [0.25, 0.3) is 0 Å². The van der Waals surface area contributed by atoms with Crippen molar-refractivity contribution in [2.75, 3.05) is 11.9 Å². The van der Waals surface area contributed by atoms with E-state index in [4.69, 9.17) is 14.6 Å². The summed E-state index contributed by atoms with van der Waals surface area (Å²) >= 11 is 1.33. The molecule has 0 amide bonds. The number of allylic oxidation sites excluding steroid dienone is 1. The summed E-state index contributed by atoms with van der Waals surface area (Å²) in [5, 5.41) is 8.38. The highest BCUT2D eigenvalue weighted by Gasteiger charge is 2.35. The van der Waals surface area contributed by atoms with Crippen molar-refractivity contribution in [3.05, 3.63) is 76.7 Å². The topological polar surface area (TPSA) is 78.3 Å². The maximum Gasteiger partial charge on any atom is 0.338 e. The molecule has 190 valence electrons. The Hall–Kier alpha value is -3.33. The van der Waals surface area contributed by atoms with Crippen molar-refractivity contribution in [3.8, 4) is 5.75 Å². The zero-order chi connectivity index (χ0) is 25.7. The fourth-order valence-electron chi connectivity index (χ4n) is 3.91. The maximum atomic E-state index is 14.1. The molecule has 2 heterocycles. The summed E-state index contributed by atoms with van der Waals surface area (Å²) in [6.45, 7) is 8.20. The first-order chi connectivity index (χ1) is 17.4. The molecule has 1 aromatic heterocycles. The van der Waals surface area contributed by atoms with Gasteiger partial charge in [-0.05, 0) is 56.5 Å². The Balaban J connectivity index is 1.69. The van der Waals surface area contributed by atoms with Crippen LogP contribution in [0.5, 0.6) is 5.75 Å². The molecule has 9 heteroatoms. The summed E-state index contributed by atoms with van der Waals surface area (Å²) in [6.07, 6.45) is 1.72. The monoisotopic (exact) mass is 510 g/mol. The van der Waals surface area contributed by atoms with E-state index in [-0.39, 0.29) is 11.9 Å². The number of thioether (sulfide) groups is 1. The molecule has 0 saturated carbocycles. The lowest BCUT2D eigenvalue weighted by atomic mass is 9.95. The van der Waals surface area contributed by atoms with Crippen molar-refractivity contribution in [1.29, 1.82) is 0 Å². The van der Waals surface area contributed by atoms with Gasteiger partial charge in [0, 0.05) is 11.4 Å². The molecule has 7 nitrogen and oxygen atoms in total. The Kier molecular flexibility index (Phi) is 8.30. The van der Waals surface area contributed by atoms with Crippen LogP contribution >= 0.6 is 11.8 Å². The second kappa shape index (κ2) is 11.6. The molecule has 1 aliphatic heterocycles. The lowest BCUT2D eigenvalue weighted by molar-refractivity contribution is -0.143. The molecule has 0 aliphatic carbocycles. The van der Waals surface area contributed by atoms with Gasteiger partial charge in [-0.15, -0.1) is 5.10 Å². The van der Waals surface area contributed by atoms with Gasteiger partial charge in [-0.2, -0.15) is 4.98 Å². The first-order valence-corrected chi connectivity index (χ1v) is 13.1. The van der Waals surface area contributed by atoms with Gasteiger partial charge < -0.3 is 14.8 Å². The SMILES string of the molecule is CCCCOc1cccc(C2C(C(=O)OC(C)C)=C(C)Nc3nc(SCc4ccccc4F)nn32)c1. The predicted molar refractivity (Wildman–Crippen MR) is 139 cm³/mol.